The van der Waals surface area contributed by atoms with Gasteiger partial charge in [-0.05, 0) is 49.4 Å². The van der Waals surface area contributed by atoms with Crippen molar-refractivity contribution in [2.75, 3.05) is 5.32 Å². The minimum absolute atomic E-state index is 0.0645. The molecule has 27 heavy (non-hydrogen) atoms. The number of fused-ring (bicyclic) bond motifs is 1. The molecule has 0 saturated carbocycles. The van der Waals surface area contributed by atoms with Crippen LogP contribution in [-0.4, -0.2) is 20.4 Å². The zero-order valence-corrected chi connectivity index (χ0v) is 15.6. The third-order valence-corrected chi connectivity index (χ3v) is 5.50. The lowest BCUT2D eigenvalue weighted by atomic mass is 10.2. The number of phenols is 1. The summed E-state index contributed by atoms with van der Waals surface area (Å²) < 4.78 is 14.9. The maximum absolute atomic E-state index is 13.1. The lowest BCUT2D eigenvalue weighted by Gasteiger charge is -2.07. The molecule has 2 aromatic carbocycles. The molecule has 1 amide bonds. The van der Waals surface area contributed by atoms with E-state index in [1.54, 1.807) is 12.1 Å². The highest BCUT2D eigenvalue weighted by Crippen LogP contribution is 2.30. The van der Waals surface area contributed by atoms with Crippen molar-refractivity contribution in [3.63, 3.8) is 0 Å². The largest absolute Gasteiger partial charge is 0.506 e. The normalized spacial score (nSPS) is 11.1. The summed E-state index contributed by atoms with van der Waals surface area (Å²) in [6.45, 7) is 1.81. The second-order valence-electron chi connectivity index (χ2n) is 5.92. The Morgan fingerprint density at radius 1 is 1.26 bits per heavy atom. The number of nitrogens with zero attached hydrogens (tertiary/aromatic N) is 2. The molecule has 2 heterocycles. The predicted molar refractivity (Wildman–Crippen MR) is 104 cm³/mol. The number of amides is 1. The molecule has 136 valence electrons. The molecule has 0 aliphatic heterocycles. The average molecular weight is 402 g/mol. The lowest BCUT2D eigenvalue weighted by molar-refractivity contribution is 0.102. The quantitative estimate of drug-likeness (QED) is 0.468. The SMILES string of the molecule is Cc1c(C(=O)Nc2cc(Cl)ccc2O)sc2nc(-c3ccc(F)cc3)cn12. The molecule has 0 aliphatic rings. The van der Waals surface area contributed by atoms with Crippen molar-refractivity contribution in [3.8, 4) is 17.0 Å². The monoisotopic (exact) mass is 401 g/mol. The molecule has 2 aromatic heterocycles. The fourth-order valence-corrected chi connectivity index (χ4v) is 3.88. The zero-order chi connectivity index (χ0) is 19.1. The maximum atomic E-state index is 13.1. The molecule has 0 bridgehead atoms. The Kier molecular flexibility index (Phi) is 4.33. The number of aryl methyl sites for hydroxylation is 1. The van der Waals surface area contributed by atoms with Crippen LogP contribution in [-0.2, 0) is 0 Å². The first kappa shape index (κ1) is 17.5. The Bertz CT molecular complexity index is 1170. The topological polar surface area (TPSA) is 66.6 Å². The number of phenolic OH excluding ortho intramolecular Hbond substituents is 1. The number of rotatable bonds is 3. The van der Waals surface area contributed by atoms with Gasteiger partial charge in [-0.1, -0.05) is 22.9 Å². The van der Waals surface area contributed by atoms with Crippen molar-refractivity contribution in [2.45, 2.75) is 6.92 Å². The molecule has 4 rings (SSSR count). The Labute approximate surface area is 162 Å². The highest BCUT2D eigenvalue weighted by Gasteiger charge is 2.19. The van der Waals surface area contributed by atoms with E-state index >= 15 is 0 Å². The number of aromatic hydroxyl groups is 1. The molecule has 0 radical (unpaired) electrons. The van der Waals surface area contributed by atoms with E-state index in [1.807, 2.05) is 17.5 Å². The number of nitrogens with one attached hydrogen (secondary N) is 1. The predicted octanol–water partition coefficient (Wildman–Crippen LogP) is 5.12. The molecule has 0 aliphatic carbocycles. The smallest absolute Gasteiger partial charge is 0.267 e. The molecule has 0 fully saturated rings. The van der Waals surface area contributed by atoms with Crippen molar-refractivity contribution >= 4 is 39.5 Å². The minimum Gasteiger partial charge on any atom is -0.506 e. The van der Waals surface area contributed by atoms with E-state index in [9.17, 15) is 14.3 Å². The van der Waals surface area contributed by atoms with Gasteiger partial charge < -0.3 is 10.4 Å². The molecule has 2 N–H and O–H groups in total. The number of anilines is 1. The van der Waals surface area contributed by atoms with Gasteiger partial charge >= 0.3 is 0 Å². The lowest BCUT2D eigenvalue weighted by Crippen LogP contribution is -2.12. The van der Waals surface area contributed by atoms with Crippen LogP contribution < -0.4 is 5.32 Å². The van der Waals surface area contributed by atoms with Gasteiger partial charge in [-0.2, -0.15) is 0 Å². The van der Waals surface area contributed by atoms with Gasteiger partial charge in [0.25, 0.3) is 5.91 Å². The van der Waals surface area contributed by atoms with E-state index in [1.165, 1.54) is 41.7 Å². The molecule has 0 unspecified atom stereocenters. The average Bonchev–Trinajstić information content (AvgIpc) is 3.18. The Morgan fingerprint density at radius 3 is 2.70 bits per heavy atom. The van der Waals surface area contributed by atoms with Crippen LogP contribution in [0.3, 0.4) is 0 Å². The second-order valence-corrected chi connectivity index (χ2v) is 7.33. The summed E-state index contributed by atoms with van der Waals surface area (Å²) in [6, 6.07) is 10.5. The van der Waals surface area contributed by atoms with E-state index in [0.29, 0.717) is 20.6 Å². The second kappa shape index (κ2) is 6.68. The molecule has 0 saturated heterocycles. The summed E-state index contributed by atoms with van der Waals surface area (Å²) in [4.78, 5) is 18.3. The summed E-state index contributed by atoms with van der Waals surface area (Å²) in [6.07, 6.45) is 1.81. The number of halogens is 2. The number of benzene rings is 2. The fraction of sp³-hybridized carbons (Fsp3) is 0.0526. The van der Waals surface area contributed by atoms with Crippen LogP contribution in [0.4, 0.5) is 10.1 Å². The van der Waals surface area contributed by atoms with Crippen molar-refractivity contribution < 1.29 is 14.3 Å². The first-order chi connectivity index (χ1) is 12.9. The van der Waals surface area contributed by atoms with Crippen LogP contribution in [0.2, 0.25) is 5.02 Å². The molecule has 0 spiro atoms. The summed E-state index contributed by atoms with van der Waals surface area (Å²) in [5.74, 6) is -0.728. The zero-order valence-electron chi connectivity index (χ0n) is 14.0. The van der Waals surface area contributed by atoms with E-state index in [2.05, 4.69) is 10.3 Å². The molecule has 5 nitrogen and oxygen atoms in total. The summed E-state index contributed by atoms with van der Waals surface area (Å²) >= 11 is 7.14. The third kappa shape index (κ3) is 3.27. The van der Waals surface area contributed by atoms with Gasteiger partial charge in [-0.15, -0.1) is 0 Å². The summed E-state index contributed by atoms with van der Waals surface area (Å²) in [5, 5.41) is 12.9. The highest BCUT2D eigenvalue weighted by molar-refractivity contribution is 7.19. The van der Waals surface area contributed by atoms with Gasteiger partial charge in [-0.25, -0.2) is 9.37 Å². The molecule has 4 aromatic rings. The molecular formula is C19H13ClFN3O2S. The number of thiazole rings is 1. The van der Waals surface area contributed by atoms with E-state index < -0.39 is 0 Å². The standard InChI is InChI=1S/C19H13ClFN3O2S/c1-10-17(18(26)22-14-8-12(20)4-7-16(14)25)27-19-23-15(9-24(10)19)11-2-5-13(21)6-3-11/h2-9,25H,1H3,(H,22,26). The molecule has 0 atom stereocenters. The van der Waals surface area contributed by atoms with Crippen LogP contribution in [0.15, 0.2) is 48.7 Å². The van der Waals surface area contributed by atoms with Gasteiger partial charge in [0, 0.05) is 22.5 Å². The Balaban J connectivity index is 1.66. The first-order valence-electron chi connectivity index (χ1n) is 7.96. The maximum Gasteiger partial charge on any atom is 0.267 e. The Hall–Kier alpha value is -2.90. The molecule has 8 heteroatoms. The number of hydrogen-bond acceptors (Lipinski definition) is 4. The van der Waals surface area contributed by atoms with Gasteiger partial charge in [0.2, 0.25) is 0 Å². The number of aromatic nitrogens is 2. The number of carbonyl (C=O) groups excluding carboxylic acids is 1. The molecular weight excluding hydrogens is 389 g/mol. The van der Waals surface area contributed by atoms with Gasteiger partial charge in [0.1, 0.15) is 16.4 Å². The fourth-order valence-electron chi connectivity index (χ4n) is 2.71. The van der Waals surface area contributed by atoms with E-state index in [0.717, 1.165) is 11.3 Å². The van der Waals surface area contributed by atoms with Gasteiger partial charge in [0.05, 0.1) is 11.4 Å². The van der Waals surface area contributed by atoms with Gasteiger partial charge in [0.15, 0.2) is 4.96 Å². The summed E-state index contributed by atoms with van der Waals surface area (Å²) in [5.41, 5.74) is 2.45. The van der Waals surface area contributed by atoms with E-state index in [-0.39, 0.29) is 23.2 Å². The minimum atomic E-state index is -0.358. The van der Waals surface area contributed by atoms with Crippen LogP contribution in [0.25, 0.3) is 16.2 Å². The van der Waals surface area contributed by atoms with Crippen molar-refractivity contribution in [1.82, 2.24) is 9.38 Å². The summed E-state index contributed by atoms with van der Waals surface area (Å²) in [7, 11) is 0. The highest BCUT2D eigenvalue weighted by atomic mass is 35.5. The van der Waals surface area contributed by atoms with Crippen LogP contribution >= 0.6 is 22.9 Å². The van der Waals surface area contributed by atoms with Gasteiger partial charge in [-0.3, -0.25) is 9.20 Å². The third-order valence-electron chi connectivity index (χ3n) is 4.11. The van der Waals surface area contributed by atoms with Crippen molar-refractivity contribution in [2.24, 2.45) is 0 Å². The van der Waals surface area contributed by atoms with Crippen LogP contribution in [0, 0.1) is 12.7 Å². The number of hydrogen-bond donors (Lipinski definition) is 2. The Morgan fingerprint density at radius 2 is 2.00 bits per heavy atom. The van der Waals surface area contributed by atoms with Crippen molar-refractivity contribution in [3.05, 3.63) is 70.1 Å². The van der Waals surface area contributed by atoms with Crippen LogP contribution in [0.1, 0.15) is 15.4 Å². The van der Waals surface area contributed by atoms with Crippen molar-refractivity contribution in [1.29, 1.82) is 0 Å². The van der Waals surface area contributed by atoms with E-state index in [4.69, 9.17) is 11.6 Å². The van der Waals surface area contributed by atoms with Crippen LogP contribution in [0.5, 0.6) is 5.75 Å². The number of imidazole rings is 1. The number of carbonyl (C=O) groups is 1. The first-order valence-corrected chi connectivity index (χ1v) is 9.16.